The van der Waals surface area contributed by atoms with Crippen LogP contribution in [0.5, 0.6) is 0 Å². The highest BCUT2D eigenvalue weighted by molar-refractivity contribution is 7.47. The van der Waals surface area contributed by atoms with Crippen LogP contribution in [0.25, 0.3) is 0 Å². The Morgan fingerprint density at radius 1 is 0.302 bits per heavy atom. The Balaban J connectivity index is 5.21. The molecule has 6 atom stereocenters. The first-order valence-electron chi connectivity index (χ1n) is 39.9. The van der Waals surface area contributed by atoms with E-state index in [0.717, 1.165) is 108 Å². The molecule has 0 fully saturated rings. The van der Waals surface area contributed by atoms with Gasteiger partial charge in [0.1, 0.15) is 19.3 Å². The van der Waals surface area contributed by atoms with Crippen LogP contribution in [0.2, 0.25) is 0 Å². The van der Waals surface area contributed by atoms with E-state index in [4.69, 9.17) is 37.0 Å². The van der Waals surface area contributed by atoms with E-state index in [9.17, 15) is 43.2 Å². The lowest BCUT2D eigenvalue weighted by Gasteiger charge is -2.21. The molecule has 0 radical (unpaired) electrons. The molecule has 0 saturated heterocycles. The van der Waals surface area contributed by atoms with Crippen molar-refractivity contribution in [2.45, 2.75) is 414 Å². The molecule has 0 spiro atoms. The highest BCUT2D eigenvalue weighted by Gasteiger charge is 2.30. The first kappa shape index (κ1) is 94.1. The minimum atomic E-state index is -4.96. The first-order valence-corrected chi connectivity index (χ1v) is 42.9. The molecular formula is C77H150O17P2. The van der Waals surface area contributed by atoms with Crippen molar-refractivity contribution < 1.29 is 80.2 Å². The van der Waals surface area contributed by atoms with Crippen molar-refractivity contribution in [1.29, 1.82) is 0 Å². The van der Waals surface area contributed by atoms with Crippen LogP contribution in [0, 0.1) is 17.8 Å². The molecule has 0 saturated carbocycles. The summed E-state index contributed by atoms with van der Waals surface area (Å²) in [6.07, 6.45) is 54.1. The quantitative estimate of drug-likeness (QED) is 0.0222. The van der Waals surface area contributed by atoms with Crippen LogP contribution >= 0.6 is 15.6 Å². The number of carbonyl (C=O) groups is 4. The number of phosphoric ester groups is 2. The van der Waals surface area contributed by atoms with Crippen LogP contribution < -0.4 is 0 Å². The van der Waals surface area contributed by atoms with Gasteiger partial charge in [0.2, 0.25) is 0 Å². The lowest BCUT2D eigenvalue weighted by molar-refractivity contribution is -0.161. The van der Waals surface area contributed by atoms with E-state index in [2.05, 4.69) is 48.5 Å². The number of aliphatic hydroxyl groups is 1. The molecule has 96 heavy (non-hydrogen) atoms. The second-order valence-electron chi connectivity index (χ2n) is 28.9. The molecule has 17 nitrogen and oxygen atoms in total. The minimum Gasteiger partial charge on any atom is -0.462 e. The van der Waals surface area contributed by atoms with Gasteiger partial charge in [-0.15, -0.1) is 0 Å². The lowest BCUT2D eigenvalue weighted by Crippen LogP contribution is -2.30. The van der Waals surface area contributed by atoms with E-state index in [1.165, 1.54) is 205 Å². The van der Waals surface area contributed by atoms with Crippen molar-refractivity contribution >= 4 is 39.5 Å². The summed E-state index contributed by atoms with van der Waals surface area (Å²) >= 11 is 0. The molecule has 570 valence electrons. The number of aliphatic hydroxyl groups excluding tert-OH is 1. The Bertz CT molecular complexity index is 1870. The molecule has 0 bridgehead atoms. The number of rotatable bonds is 75. The predicted molar refractivity (Wildman–Crippen MR) is 391 cm³/mol. The summed E-state index contributed by atoms with van der Waals surface area (Å²) in [5, 5.41) is 10.6. The molecule has 0 aliphatic carbocycles. The third kappa shape index (κ3) is 69.2. The fraction of sp³-hybridized carbons (Fsp3) is 0.948. The zero-order chi connectivity index (χ0) is 70.9. The van der Waals surface area contributed by atoms with Crippen LogP contribution in [0.4, 0.5) is 0 Å². The Kier molecular flexibility index (Phi) is 66.2. The Labute approximate surface area is 588 Å². The Morgan fingerprint density at radius 2 is 0.531 bits per heavy atom. The lowest BCUT2D eigenvalue weighted by atomic mass is 9.99. The van der Waals surface area contributed by atoms with Crippen LogP contribution in [0.15, 0.2) is 0 Å². The van der Waals surface area contributed by atoms with Gasteiger partial charge in [0.25, 0.3) is 0 Å². The Morgan fingerprint density at radius 3 is 0.792 bits per heavy atom. The van der Waals surface area contributed by atoms with Gasteiger partial charge in [-0.3, -0.25) is 37.3 Å². The van der Waals surface area contributed by atoms with E-state index in [1.54, 1.807) is 0 Å². The molecule has 19 heteroatoms. The number of unbranched alkanes of at least 4 members (excludes halogenated alkanes) is 42. The highest BCUT2D eigenvalue weighted by Crippen LogP contribution is 2.45. The minimum absolute atomic E-state index is 0.105. The monoisotopic (exact) mass is 1410 g/mol. The predicted octanol–water partition coefficient (Wildman–Crippen LogP) is 22.6. The van der Waals surface area contributed by atoms with Gasteiger partial charge < -0.3 is 33.8 Å². The number of phosphoric acid groups is 2. The van der Waals surface area contributed by atoms with Crippen LogP contribution in [0.3, 0.4) is 0 Å². The molecular weight excluding hydrogens is 1260 g/mol. The number of esters is 4. The normalized spacial score (nSPS) is 14.3. The molecule has 0 aromatic carbocycles. The van der Waals surface area contributed by atoms with Crippen LogP contribution in [-0.2, 0) is 65.4 Å². The second kappa shape index (κ2) is 67.5. The summed E-state index contributed by atoms with van der Waals surface area (Å²) in [7, 11) is -9.91. The van der Waals surface area contributed by atoms with E-state index < -0.39 is 97.5 Å². The van der Waals surface area contributed by atoms with Crippen LogP contribution in [-0.4, -0.2) is 96.7 Å². The number of carbonyl (C=O) groups excluding carboxylic acids is 4. The largest absolute Gasteiger partial charge is 0.472 e. The van der Waals surface area contributed by atoms with Gasteiger partial charge in [0, 0.05) is 25.7 Å². The molecule has 0 heterocycles. The van der Waals surface area contributed by atoms with E-state index in [0.29, 0.717) is 25.7 Å². The molecule has 0 amide bonds. The number of hydrogen-bond donors (Lipinski definition) is 3. The first-order chi connectivity index (χ1) is 46.3. The number of ether oxygens (including phenoxy) is 4. The molecule has 0 aliphatic heterocycles. The average molecular weight is 1410 g/mol. The van der Waals surface area contributed by atoms with Crippen molar-refractivity contribution in [1.82, 2.24) is 0 Å². The molecule has 0 rings (SSSR count). The summed E-state index contributed by atoms with van der Waals surface area (Å²) < 4.78 is 68.5. The highest BCUT2D eigenvalue weighted by atomic mass is 31.2. The zero-order valence-electron chi connectivity index (χ0n) is 62.8. The maximum atomic E-state index is 13.1. The van der Waals surface area contributed by atoms with Gasteiger partial charge >= 0.3 is 39.5 Å². The summed E-state index contributed by atoms with van der Waals surface area (Å²) in [6.45, 7) is 11.9. The van der Waals surface area contributed by atoms with Gasteiger partial charge in [0.05, 0.1) is 26.4 Å². The van der Waals surface area contributed by atoms with Crippen molar-refractivity contribution in [3.63, 3.8) is 0 Å². The molecule has 3 unspecified atom stereocenters. The van der Waals surface area contributed by atoms with Gasteiger partial charge in [-0.1, -0.05) is 344 Å². The van der Waals surface area contributed by atoms with Crippen molar-refractivity contribution in [3.8, 4) is 0 Å². The number of hydrogen-bond acceptors (Lipinski definition) is 15. The van der Waals surface area contributed by atoms with Gasteiger partial charge in [0.15, 0.2) is 12.2 Å². The zero-order valence-corrected chi connectivity index (χ0v) is 64.6. The summed E-state index contributed by atoms with van der Waals surface area (Å²) in [5.74, 6) is 0.230. The van der Waals surface area contributed by atoms with E-state index in [-0.39, 0.29) is 25.7 Å². The van der Waals surface area contributed by atoms with Crippen molar-refractivity contribution in [3.05, 3.63) is 0 Å². The van der Waals surface area contributed by atoms with E-state index in [1.807, 2.05) is 0 Å². The molecule has 0 aromatic heterocycles. The summed E-state index contributed by atoms with van der Waals surface area (Å²) in [6, 6.07) is 0. The van der Waals surface area contributed by atoms with Gasteiger partial charge in [-0.25, -0.2) is 9.13 Å². The molecule has 3 N–H and O–H groups in total. The molecule has 0 aromatic rings. The summed E-state index contributed by atoms with van der Waals surface area (Å²) in [4.78, 5) is 72.8. The molecule has 0 aliphatic rings. The SMILES string of the molecule is CCCCCCCCCCCCC(=O)OC[C@H](COP(=O)(O)OC[C@H](O)COP(=O)(O)OC[C@@H](COC(=O)CCCCCCCCCCCCC(C)C)OC(=O)CCCCCCCCCCCCCCCCCCCCC(C)C)OC(=O)CCCCCCCCCCC(C)CC. The third-order valence-corrected chi connectivity index (χ3v) is 20.1. The third-order valence-electron chi connectivity index (χ3n) is 18.2. The Hall–Kier alpha value is -1.94. The second-order valence-corrected chi connectivity index (χ2v) is 31.8. The average Bonchev–Trinajstić information content (AvgIpc) is 1.39. The van der Waals surface area contributed by atoms with Gasteiger partial charge in [-0.2, -0.15) is 0 Å². The topological polar surface area (TPSA) is 237 Å². The fourth-order valence-corrected chi connectivity index (χ4v) is 13.3. The van der Waals surface area contributed by atoms with E-state index >= 15 is 0 Å². The smallest absolute Gasteiger partial charge is 0.462 e. The van der Waals surface area contributed by atoms with Crippen molar-refractivity contribution in [2.24, 2.45) is 17.8 Å². The fourth-order valence-electron chi connectivity index (χ4n) is 11.7. The van der Waals surface area contributed by atoms with Crippen LogP contribution in [0.1, 0.15) is 395 Å². The standard InChI is InChI=1S/C77H150O17P2/c1-8-10-11-12-13-14-29-37-44-51-58-74(79)87-65-73(94-77(82)61-54-47-40-33-32-36-43-50-57-70(7)9-2)67-92-96(85,86)90-63-71(78)62-89-95(83,84)91-66-72(64-88-75(80)59-52-45-38-30-26-25-28-35-42-49-56-69(5)6)93-76(81)60-53-46-39-31-24-22-20-18-16-15-17-19-21-23-27-34-41-48-55-68(3)4/h68-73,78H,8-67H2,1-7H3,(H,83,84)(H,85,86)/t70?,71-,72-,73-/m1/s1. The maximum Gasteiger partial charge on any atom is 0.472 e. The van der Waals surface area contributed by atoms with Crippen molar-refractivity contribution in [2.75, 3.05) is 39.6 Å². The van der Waals surface area contributed by atoms with Gasteiger partial charge in [-0.05, 0) is 43.4 Å². The maximum absolute atomic E-state index is 13.1. The summed E-state index contributed by atoms with van der Waals surface area (Å²) in [5.41, 5.74) is 0.